The molecule has 0 aliphatic rings. The fraction of sp³-hybridized carbons (Fsp3) is 0.235. The normalized spacial score (nSPS) is 11.4. The van der Waals surface area contributed by atoms with Crippen LogP contribution in [-0.2, 0) is 21.1 Å². The molecule has 0 fully saturated rings. The molecule has 0 spiro atoms. The highest BCUT2D eigenvalue weighted by Gasteiger charge is 2.19. The quantitative estimate of drug-likeness (QED) is 0.596. The van der Waals surface area contributed by atoms with Crippen molar-refractivity contribution in [2.75, 3.05) is 0 Å². The molecule has 0 aromatic carbocycles. The number of amides is 1. The summed E-state index contributed by atoms with van der Waals surface area (Å²) in [6.45, 7) is 1.94. The first-order valence-electron chi connectivity index (χ1n) is 8.02. The lowest BCUT2D eigenvalue weighted by molar-refractivity contribution is 0.0996. The number of aryl methyl sites for hydroxylation is 4. The average molecular weight is 350 g/mol. The summed E-state index contributed by atoms with van der Waals surface area (Å²) in [6, 6.07) is 1.64. The number of primary amides is 1. The zero-order valence-corrected chi connectivity index (χ0v) is 14.9. The van der Waals surface area contributed by atoms with Crippen molar-refractivity contribution in [3.8, 4) is 22.8 Å². The van der Waals surface area contributed by atoms with Gasteiger partial charge in [0.05, 0.1) is 23.1 Å². The fourth-order valence-electron chi connectivity index (χ4n) is 3.11. The molecule has 0 atom stereocenters. The maximum Gasteiger partial charge on any atom is 0.267 e. The standard InChI is InChI=1S/C17H18N8O/c1-9-11(7-24(3)22-9)13-8-23(2)17(21-13)15-10-6-19-25(4)14(10)5-12(20-15)16(18)26/h5-8H,1-4H3,(H2,18,26). The number of imidazole rings is 1. The minimum atomic E-state index is -0.591. The topological polar surface area (TPSA) is 109 Å². The van der Waals surface area contributed by atoms with Gasteiger partial charge >= 0.3 is 0 Å². The summed E-state index contributed by atoms with van der Waals surface area (Å²) in [4.78, 5) is 20.9. The van der Waals surface area contributed by atoms with E-state index in [-0.39, 0.29) is 5.69 Å². The second-order valence-electron chi connectivity index (χ2n) is 6.28. The maximum atomic E-state index is 11.7. The number of fused-ring (bicyclic) bond motifs is 1. The van der Waals surface area contributed by atoms with E-state index in [0.29, 0.717) is 11.5 Å². The third-order valence-electron chi connectivity index (χ3n) is 4.38. The van der Waals surface area contributed by atoms with E-state index >= 15 is 0 Å². The molecule has 26 heavy (non-hydrogen) atoms. The van der Waals surface area contributed by atoms with Crippen LogP contribution in [0.1, 0.15) is 16.2 Å². The molecule has 9 heteroatoms. The van der Waals surface area contributed by atoms with Gasteiger partial charge in [0.15, 0.2) is 5.82 Å². The molecule has 4 aromatic heterocycles. The molecule has 0 aliphatic carbocycles. The Kier molecular flexibility index (Phi) is 3.39. The van der Waals surface area contributed by atoms with Gasteiger partial charge in [0.1, 0.15) is 11.4 Å². The van der Waals surface area contributed by atoms with Gasteiger partial charge in [-0.1, -0.05) is 0 Å². The summed E-state index contributed by atoms with van der Waals surface area (Å²) >= 11 is 0. The molecule has 1 amide bonds. The lowest BCUT2D eigenvalue weighted by Crippen LogP contribution is -2.14. The first kappa shape index (κ1) is 16.0. The second-order valence-corrected chi connectivity index (χ2v) is 6.28. The van der Waals surface area contributed by atoms with E-state index in [4.69, 9.17) is 10.7 Å². The number of aromatic nitrogens is 7. The predicted octanol–water partition coefficient (Wildman–Crippen LogP) is 1.18. The van der Waals surface area contributed by atoms with E-state index in [1.165, 1.54) is 0 Å². The maximum absolute atomic E-state index is 11.7. The van der Waals surface area contributed by atoms with Crippen LogP contribution < -0.4 is 5.73 Å². The Morgan fingerprint density at radius 1 is 1.15 bits per heavy atom. The molecule has 4 rings (SSSR count). The first-order valence-corrected chi connectivity index (χ1v) is 8.02. The number of hydrogen-bond acceptors (Lipinski definition) is 5. The molecule has 0 unspecified atom stereocenters. The van der Waals surface area contributed by atoms with Crippen LogP contribution in [0, 0.1) is 6.92 Å². The van der Waals surface area contributed by atoms with E-state index in [2.05, 4.69) is 15.2 Å². The van der Waals surface area contributed by atoms with Gasteiger partial charge < -0.3 is 10.3 Å². The van der Waals surface area contributed by atoms with Gasteiger partial charge in [-0.15, -0.1) is 0 Å². The Bertz CT molecular complexity index is 1160. The van der Waals surface area contributed by atoms with E-state index < -0.39 is 5.91 Å². The monoisotopic (exact) mass is 350 g/mol. The van der Waals surface area contributed by atoms with Gasteiger partial charge in [0, 0.05) is 44.5 Å². The smallest absolute Gasteiger partial charge is 0.267 e. The minimum absolute atomic E-state index is 0.179. The highest BCUT2D eigenvalue weighted by atomic mass is 16.1. The Balaban J connectivity index is 1.96. The number of carbonyl (C=O) groups excluding carboxylic acids is 1. The van der Waals surface area contributed by atoms with Crippen molar-refractivity contribution in [1.82, 2.24) is 34.1 Å². The van der Waals surface area contributed by atoms with Crippen LogP contribution in [0.15, 0.2) is 24.7 Å². The van der Waals surface area contributed by atoms with Crippen molar-refractivity contribution in [2.45, 2.75) is 6.92 Å². The Morgan fingerprint density at radius 2 is 1.92 bits per heavy atom. The molecule has 0 aliphatic heterocycles. The SMILES string of the molecule is Cc1nn(C)cc1-c1cn(C)c(-c2nc(C(N)=O)cc3c2cnn3C)n1. The summed E-state index contributed by atoms with van der Waals surface area (Å²) < 4.78 is 5.31. The van der Waals surface area contributed by atoms with Crippen molar-refractivity contribution in [3.05, 3.63) is 36.0 Å². The molecule has 4 heterocycles. The molecule has 4 aromatic rings. The van der Waals surface area contributed by atoms with Crippen LogP contribution in [0.4, 0.5) is 0 Å². The second kappa shape index (κ2) is 5.51. The van der Waals surface area contributed by atoms with E-state index in [1.807, 2.05) is 38.0 Å². The summed E-state index contributed by atoms with van der Waals surface area (Å²) in [5.41, 5.74) is 9.60. The molecular formula is C17H18N8O. The zero-order chi connectivity index (χ0) is 18.6. The molecule has 9 nitrogen and oxygen atoms in total. The van der Waals surface area contributed by atoms with E-state index in [9.17, 15) is 4.79 Å². The number of pyridine rings is 1. The lowest BCUT2D eigenvalue weighted by atomic mass is 10.2. The van der Waals surface area contributed by atoms with Crippen LogP contribution in [0.3, 0.4) is 0 Å². The number of carbonyl (C=O) groups is 1. The average Bonchev–Trinajstić information content (AvgIpc) is 3.24. The molecule has 2 N–H and O–H groups in total. The first-order chi connectivity index (χ1) is 12.3. The minimum Gasteiger partial charge on any atom is -0.364 e. The molecule has 0 bridgehead atoms. The van der Waals surface area contributed by atoms with Crippen LogP contribution in [-0.4, -0.2) is 40.0 Å². The number of nitrogens with zero attached hydrogens (tertiary/aromatic N) is 7. The van der Waals surface area contributed by atoms with E-state index in [0.717, 1.165) is 27.9 Å². The van der Waals surface area contributed by atoms with Gasteiger partial charge in [-0.2, -0.15) is 10.2 Å². The molecule has 132 valence electrons. The lowest BCUT2D eigenvalue weighted by Gasteiger charge is -2.05. The van der Waals surface area contributed by atoms with Crippen LogP contribution >= 0.6 is 0 Å². The number of hydrogen-bond donors (Lipinski definition) is 1. The van der Waals surface area contributed by atoms with Crippen molar-refractivity contribution in [3.63, 3.8) is 0 Å². The Labute approximate surface area is 149 Å². The molecular weight excluding hydrogens is 332 g/mol. The summed E-state index contributed by atoms with van der Waals surface area (Å²) in [5, 5.41) is 9.44. The third kappa shape index (κ3) is 2.36. The zero-order valence-electron chi connectivity index (χ0n) is 14.9. The summed E-state index contributed by atoms with van der Waals surface area (Å²) in [5.74, 6) is 0.0382. The Morgan fingerprint density at radius 3 is 2.58 bits per heavy atom. The van der Waals surface area contributed by atoms with Crippen molar-refractivity contribution >= 4 is 16.8 Å². The number of rotatable bonds is 3. The predicted molar refractivity (Wildman–Crippen MR) is 96.2 cm³/mol. The molecule has 0 radical (unpaired) electrons. The van der Waals surface area contributed by atoms with Gasteiger partial charge in [-0.3, -0.25) is 14.2 Å². The van der Waals surface area contributed by atoms with Gasteiger partial charge in [-0.05, 0) is 13.0 Å². The Hall–Kier alpha value is -3.49. The number of nitrogens with two attached hydrogens (primary N) is 1. The van der Waals surface area contributed by atoms with Crippen molar-refractivity contribution in [2.24, 2.45) is 26.9 Å². The van der Waals surface area contributed by atoms with E-state index in [1.54, 1.807) is 28.7 Å². The van der Waals surface area contributed by atoms with Crippen LogP contribution in [0.2, 0.25) is 0 Å². The van der Waals surface area contributed by atoms with Gasteiger partial charge in [-0.25, -0.2) is 9.97 Å². The van der Waals surface area contributed by atoms with Crippen LogP contribution in [0.5, 0.6) is 0 Å². The van der Waals surface area contributed by atoms with Crippen molar-refractivity contribution < 1.29 is 4.79 Å². The third-order valence-corrected chi connectivity index (χ3v) is 4.38. The highest BCUT2D eigenvalue weighted by Crippen LogP contribution is 2.29. The highest BCUT2D eigenvalue weighted by molar-refractivity contribution is 5.99. The molecule has 0 saturated carbocycles. The summed E-state index contributed by atoms with van der Waals surface area (Å²) in [7, 11) is 5.56. The van der Waals surface area contributed by atoms with Crippen molar-refractivity contribution in [1.29, 1.82) is 0 Å². The largest absolute Gasteiger partial charge is 0.364 e. The van der Waals surface area contributed by atoms with Gasteiger partial charge in [0.25, 0.3) is 5.91 Å². The van der Waals surface area contributed by atoms with Crippen LogP contribution in [0.25, 0.3) is 33.7 Å². The summed E-state index contributed by atoms with van der Waals surface area (Å²) in [6.07, 6.45) is 5.56. The van der Waals surface area contributed by atoms with Gasteiger partial charge in [0.2, 0.25) is 0 Å². The molecule has 0 saturated heterocycles. The fourth-order valence-corrected chi connectivity index (χ4v) is 3.11.